The highest BCUT2D eigenvalue weighted by molar-refractivity contribution is 5.92. The van der Waals surface area contributed by atoms with Gasteiger partial charge in [0.1, 0.15) is 5.69 Å². The summed E-state index contributed by atoms with van der Waals surface area (Å²) in [6.45, 7) is 6.83. The van der Waals surface area contributed by atoms with Gasteiger partial charge >= 0.3 is 0 Å². The second-order valence-electron chi connectivity index (χ2n) is 5.34. The van der Waals surface area contributed by atoms with E-state index in [1.807, 2.05) is 0 Å². The summed E-state index contributed by atoms with van der Waals surface area (Å²) in [4.78, 5) is 12.0. The maximum Gasteiger partial charge on any atom is 0.272 e. The number of nitrogens with one attached hydrogen (secondary N) is 1. The molecule has 1 amide bonds. The molecule has 0 spiro atoms. The molecule has 3 N–H and O–H groups in total. The molecule has 1 unspecified atom stereocenters. The standard InChI is InChI=1S/C12H22N4O/c1-12(2,3)10(5-7-13)14-11(17)9-6-8-16(4)15-9/h6,8,10H,5,7,13H2,1-4H3,(H,14,17). The fourth-order valence-electron chi connectivity index (χ4n) is 1.66. The largest absolute Gasteiger partial charge is 0.347 e. The molecule has 96 valence electrons. The van der Waals surface area contributed by atoms with Crippen LogP contribution in [0.1, 0.15) is 37.7 Å². The van der Waals surface area contributed by atoms with Crippen molar-refractivity contribution in [3.8, 4) is 0 Å². The molecule has 1 heterocycles. The molecule has 5 heteroatoms. The van der Waals surface area contributed by atoms with E-state index in [0.717, 1.165) is 6.42 Å². The van der Waals surface area contributed by atoms with E-state index in [1.54, 1.807) is 24.0 Å². The number of nitrogens with zero attached hydrogens (tertiary/aromatic N) is 2. The van der Waals surface area contributed by atoms with Crippen molar-refractivity contribution in [2.75, 3.05) is 6.54 Å². The molecule has 0 saturated carbocycles. The van der Waals surface area contributed by atoms with Crippen molar-refractivity contribution >= 4 is 5.91 Å². The first-order valence-corrected chi connectivity index (χ1v) is 5.85. The Morgan fingerprint density at radius 1 is 1.59 bits per heavy atom. The van der Waals surface area contributed by atoms with Crippen LogP contribution in [0.2, 0.25) is 0 Å². The van der Waals surface area contributed by atoms with E-state index in [0.29, 0.717) is 12.2 Å². The van der Waals surface area contributed by atoms with Gasteiger partial charge in [0.05, 0.1) is 0 Å². The third-order valence-corrected chi connectivity index (χ3v) is 2.75. The van der Waals surface area contributed by atoms with Crippen LogP contribution in [0.3, 0.4) is 0 Å². The molecule has 0 aliphatic carbocycles. The molecule has 1 aromatic rings. The van der Waals surface area contributed by atoms with Crippen LogP contribution in [0.15, 0.2) is 12.3 Å². The summed E-state index contributed by atoms with van der Waals surface area (Å²) in [7, 11) is 1.79. The Morgan fingerprint density at radius 2 is 2.24 bits per heavy atom. The first-order valence-electron chi connectivity index (χ1n) is 5.85. The van der Waals surface area contributed by atoms with E-state index in [9.17, 15) is 4.79 Å². The summed E-state index contributed by atoms with van der Waals surface area (Å²) >= 11 is 0. The van der Waals surface area contributed by atoms with E-state index in [4.69, 9.17) is 5.73 Å². The summed E-state index contributed by atoms with van der Waals surface area (Å²) in [6.07, 6.45) is 2.52. The third-order valence-electron chi connectivity index (χ3n) is 2.75. The van der Waals surface area contributed by atoms with Gasteiger partial charge in [0.25, 0.3) is 5.91 Å². The van der Waals surface area contributed by atoms with Crippen molar-refractivity contribution in [2.45, 2.75) is 33.2 Å². The van der Waals surface area contributed by atoms with Crippen molar-refractivity contribution in [1.82, 2.24) is 15.1 Å². The lowest BCUT2D eigenvalue weighted by atomic mass is 9.84. The first-order chi connectivity index (χ1) is 7.84. The molecule has 0 saturated heterocycles. The molecule has 17 heavy (non-hydrogen) atoms. The smallest absolute Gasteiger partial charge is 0.272 e. The normalized spacial score (nSPS) is 13.5. The van der Waals surface area contributed by atoms with Crippen LogP contribution in [0, 0.1) is 5.41 Å². The average Bonchev–Trinajstić information content (AvgIpc) is 2.62. The Hall–Kier alpha value is -1.36. The number of hydrogen-bond acceptors (Lipinski definition) is 3. The number of aromatic nitrogens is 2. The highest BCUT2D eigenvalue weighted by Crippen LogP contribution is 2.21. The number of aryl methyl sites for hydroxylation is 1. The Morgan fingerprint density at radius 3 is 2.65 bits per heavy atom. The summed E-state index contributed by atoms with van der Waals surface area (Å²) in [6, 6.07) is 1.76. The molecule has 5 nitrogen and oxygen atoms in total. The number of carbonyl (C=O) groups excluding carboxylic acids is 1. The maximum absolute atomic E-state index is 12.0. The van der Waals surface area contributed by atoms with Crippen molar-refractivity contribution < 1.29 is 4.79 Å². The lowest BCUT2D eigenvalue weighted by molar-refractivity contribution is 0.0893. The van der Waals surface area contributed by atoms with Crippen molar-refractivity contribution in [2.24, 2.45) is 18.2 Å². The summed E-state index contributed by atoms with van der Waals surface area (Å²) < 4.78 is 1.62. The first kappa shape index (κ1) is 13.7. The Kier molecular flexibility index (Phi) is 4.28. The molecule has 0 bridgehead atoms. The minimum Gasteiger partial charge on any atom is -0.347 e. The lowest BCUT2D eigenvalue weighted by Gasteiger charge is -2.31. The number of nitrogens with two attached hydrogens (primary N) is 1. The van der Waals surface area contributed by atoms with Gasteiger partial charge in [-0.3, -0.25) is 9.48 Å². The fraction of sp³-hybridized carbons (Fsp3) is 0.667. The predicted octanol–water partition coefficient (Wildman–Crippen LogP) is 0.913. The SMILES string of the molecule is Cn1ccc(C(=O)NC(CCN)C(C)(C)C)n1. The van der Waals surface area contributed by atoms with E-state index in [1.165, 1.54) is 0 Å². The van der Waals surface area contributed by atoms with Crippen LogP contribution in [-0.4, -0.2) is 28.3 Å². The van der Waals surface area contributed by atoms with Crippen LogP contribution in [0.5, 0.6) is 0 Å². The van der Waals surface area contributed by atoms with Crippen molar-refractivity contribution in [3.05, 3.63) is 18.0 Å². The van der Waals surface area contributed by atoms with E-state index in [2.05, 4.69) is 31.2 Å². The van der Waals surface area contributed by atoms with E-state index < -0.39 is 0 Å². The molecule has 1 atom stereocenters. The molecule has 0 aliphatic rings. The molecule has 0 fully saturated rings. The van der Waals surface area contributed by atoms with Gasteiger partial charge in [-0.25, -0.2) is 0 Å². The highest BCUT2D eigenvalue weighted by atomic mass is 16.2. The van der Waals surface area contributed by atoms with E-state index in [-0.39, 0.29) is 17.4 Å². The minimum atomic E-state index is -0.140. The fourth-order valence-corrected chi connectivity index (χ4v) is 1.66. The Bertz CT molecular complexity index is 378. The maximum atomic E-state index is 12.0. The van der Waals surface area contributed by atoms with Gasteiger partial charge in [-0.1, -0.05) is 20.8 Å². The van der Waals surface area contributed by atoms with Gasteiger partial charge in [-0.2, -0.15) is 5.10 Å². The van der Waals surface area contributed by atoms with Crippen LogP contribution in [-0.2, 0) is 7.05 Å². The van der Waals surface area contributed by atoms with Crippen molar-refractivity contribution in [3.63, 3.8) is 0 Å². The zero-order valence-electron chi connectivity index (χ0n) is 11.0. The van der Waals surface area contributed by atoms with Gasteiger partial charge in [0, 0.05) is 19.3 Å². The van der Waals surface area contributed by atoms with Crippen LogP contribution in [0.4, 0.5) is 0 Å². The second kappa shape index (κ2) is 5.31. The van der Waals surface area contributed by atoms with Gasteiger partial charge in [0.2, 0.25) is 0 Å². The molecule has 1 rings (SSSR count). The van der Waals surface area contributed by atoms with Gasteiger partial charge in [0.15, 0.2) is 0 Å². The lowest BCUT2D eigenvalue weighted by Crippen LogP contribution is -2.45. The van der Waals surface area contributed by atoms with Crippen LogP contribution < -0.4 is 11.1 Å². The number of amides is 1. The number of rotatable bonds is 4. The summed E-state index contributed by atoms with van der Waals surface area (Å²) in [5.74, 6) is -0.140. The Labute approximate surface area is 102 Å². The van der Waals surface area contributed by atoms with Crippen LogP contribution >= 0.6 is 0 Å². The quantitative estimate of drug-likeness (QED) is 0.819. The summed E-state index contributed by atoms with van der Waals surface area (Å²) in [5.41, 5.74) is 6.01. The number of carbonyl (C=O) groups is 1. The molecule has 0 aliphatic heterocycles. The topological polar surface area (TPSA) is 72.9 Å². The monoisotopic (exact) mass is 238 g/mol. The molecular weight excluding hydrogens is 216 g/mol. The molecule has 0 radical (unpaired) electrons. The van der Waals surface area contributed by atoms with Gasteiger partial charge in [-0.05, 0) is 24.4 Å². The zero-order valence-corrected chi connectivity index (χ0v) is 11.0. The van der Waals surface area contributed by atoms with Crippen molar-refractivity contribution in [1.29, 1.82) is 0 Å². The predicted molar refractivity (Wildman–Crippen MR) is 67.6 cm³/mol. The van der Waals surface area contributed by atoms with Crippen LogP contribution in [0.25, 0.3) is 0 Å². The minimum absolute atomic E-state index is 0.0101. The Balaban J connectivity index is 2.71. The molecule has 1 aromatic heterocycles. The average molecular weight is 238 g/mol. The van der Waals surface area contributed by atoms with Gasteiger partial charge < -0.3 is 11.1 Å². The molecular formula is C12H22N4O. The molecule has 0 aromatic carbocycles. The third kappa shape index (κ3) is 3.85. The second-order valence-corrected chi connectivity index (χ2v) is 5.34. The van der Waals surface area contributed by atoms with E-state index >= 15 is 0 Å². The van der Waals surface area contributed by atoms with Gasteiger partial charge in [-0.15, -0.1) is 0 Å². The highest BCUT2D eigenvalue weighted by Gasteiger charge is 2.26. The summed E-state index contributed by atoms with van der Waals surface area (Å²) in [5, 5.41) is 7.07. The zero-order chi connectivity index (χ0) is 13.1. The number of hydrogen-bond donors (Lipinski definition) is 2.